The molecule has 4 nitrogen and oxygen atoms in total. The van der Waals surface area contributed by atoms with Crippen molar-refractivity contribution in [3.63, 3.8) is 0 Å². The first-order valence-electron chi connectivity index (χ1n) is 9.42. The molecule has 0 unspecified atom stereocenters. The molecule has 0 bridgehead atoms. The molecular formula is C24H24N2O2. The van der Waals surface area contributed by atoms with Crippen molar-refractivity contribution in [3.8, 4) is 5.75 Å². The zero-order chi connectivity index (χ0) is 19.8. The van der Waals surface area contributed by atoms with Crippen LogP contribution in [0.2, 0.25) is 0 Å². The summed E-state index contributed by atoms with van der Waals surface area (Å²) in [5.74, 6) is 1.48. The highest BCUT2D eigenvalue weighted by Crippen LogP contribution is 2.17. The van der Waals surface area contributed by atoms with Crippen LogP contribution in [-0.2, 0) is 6.54 Å². The minimum atomic E-state index is -0.105. The molecule has 0 saturated heterocycles. The van der Waals surface area contributed by atoms with Crippen LogP contribution in [0.3, 0.4) is 0 Å². The molecule has 3 rings (SSSR count). The van der Waals surface area contributed by atoms with Crippen LogP contribution in [0.5, 0.6) is 5.75 Å². The smallest absolute Gasteiger partial charge is 0.251 e. The van der Waals surface area contributed by atoms with Crippen molar-refractivity contribution >= 4 is 16.8 Å². The first-order chi connectivity index (χ1) is 13.7. The number of carbonyl (C=O) groups excluding carboxylic acids is 1. The van der Waals surface area contributed by atoms with Gasteiger partial charge in [-0.05, 0) is 67.5 Å². The van der Waals surface area contributed by atoms with E-state index in [-0.39, 0.29) is 5.91 Å². The second-order valence-electron chi connectivity index (χ2n) is 6.34. The molecule has 0 spiro atoms. The van der Waals surface area contributed by atoms with E-state index in [1.54, 1.807) is 12.3 Å². The van der Waals surface area contributed by atoms with Gasteiger partial charge in [-0.2, -0.15) is 0 Å². The number of nitrogens with zero attached hydrogens (tertiary/aromatic N) is 1. The molecule has 2 aromatic carbocycles. The topological polar surface area (TPSA) is 51.2 Å². The molecule has 1 heterocycles. The Kier molecular flexibility index (Phi) is 6.58. The van der Waals surface area contributed by atoms with Gasteiger partial charge >= 0.3 is 0 Å². The predicted molar refractivity (Wildman–Crippen MR) is 113 cm³/mol. The number of hydrogen-bond donors (Lipinski definition) is 1. The SMILES string of the molecule is C/C=C(\C=C/CC)Oc1ccc(CNC(=O)c2ccc3ncccc3c2)cc1. The fourth-order valence-corrected chi connectivity index (χ4v) is 2.74. The molecule has 3 aromatic rings. The number of fused-ring (bicyclic) bond motifs is 1. The second kappa shape index (κ2) is 9.51. The number of nitrogens with one attached hydrogen (secondary N) is 1. The summed E-state index contributed by atoms with van der Waals surface area (Å²) in [6, 6.07) is 17.1. The number of pyridine rings is 1. The summed E-state index contributed by atoms with van der Waals surface area (Å²) >= 11 is 0. The molecule has 0 aliphatic carbocycles. The third-order valence-corrected chi connectivity index (χ3v) is 4.28. The average molecular weight is 372 g/mol. The first kappa shape index (κ1) is 19.4. The lowest BCUT2D eigenvalue weighted by Crippen LogP contribution is -2.22. The van der Waals surface area contributed by atoms with Gasteiger partial charge in [-0.25, -0.2) is 0 Å². The largest absolute Gasteiger partial charge is 0.458 e. The van der Waals surface area contributed by atoms with Gasteiger partial charge in [0.1, 0.15) is 11.5 Å². The molecular weight excluding hydrogens is 348 g/mol. The van der Waals surface area contributed by atoms with Crippen LogP contribution in [0.1, 0.15) is 36.2 Å². The van der Waals surface area contributed by atoms with Crippen LogP contribution in [0.25, 0.3) is 10.9 Å². The maximum Gasteiger partial charge on any atom is 0.251 e. The quantitative estimate of drug-likeness (QED) is 0.445. The lowest BCUT2D eigenvalue weighted by atomic mass is 10.1. The van der Waals surface area contributed by atoms with Crippen molar-refractivity contribution in [1.29, 1.82) is 0 Å². The third kappa shape index (κ3) is 5.07. The number of aromatic nitrogens is 1. The lowest BCUT2D eigenvalue weighted by molar-refractivity contribution is 0.0951. The highest BCUT2D eigenvalue weighted by atomic mass is 16.5. The Hall–Kier alpha value is -3.40. The van der Waals surface area contributed by atoms with Gasteiger partial charge in [0, 0.05) is 23.7 Å². The van der Waals surface area contributed by atoms with E-state index in [0.717, 1.165) is 34.4 Å². The normalized spacial score (nSPS) is 11.7. The molecule has 1 N–H and O–H groups in total. The van der Waals surface area contributed by atoms with Crippen LogP contribution in [0.15, 0.2) is 84.8 Å². The molecule has 28 heavy (non-hydrogen) atoms. The zero-order valence-electron chi connectivity index (χ0n) is 16.2. The summed E-state index contributed by atoms with van der Waals surface area (Å²) < 4.78 is 5.84. The second-order valence-corrected chi connectivity index (χ2v) is 6.34. The number of carbonyl (C=O) groups is 1. The van der Waals surface area contributed by atoms with E-state index in [4.69, 9.17) is 4.74 Å². The van der Waals surface area contributed by atoms with Gasteiger partial charge in [0.25, 0.3) is 5.91 Å². The van der Waals surface area contributed by atoms with Crippen molar-refractivity contribution in [2.75, 3.05) is 0 Å². The molecule has 0 saturated carbocycles. The predicted octanol–water partition coefficient (Wildman–Crippen LogP) is 5.41. The van der Waals surface area contributed by atoms with Gasteiger partial charge in [-0.1, -0.05) is 31.2 Å². The highest BCUT2D eigenvalue weighted by Gasteiger charge is 2.07. The summed E-state index contributed by atoms with van der Waals surface area (Å²) in [6.07, 6.45) is 8.66. The van der Waals surface area contributed by atoms with E-state index in [9.17, 15) is 4.79 Å². The Labute approximate surface area is 165 Å². The summed E-state index contributed by atoms with van der Waals surface area (Å²) in [7, 11) is 0. The van der Waals surface area contributed by atoms with E-state index in [1.807, 2.05) is 67.6 Å². The van der Waals surface area contributed by atoms with E-state index >= 15 is 0 Å². The highest BCUT2D eigenvalue weighted by molar-refractivity contribution is 5.97. The van der Waals surface area contributed by atoms with E-state index in [0.29, 0.717) is 12.1 Å². The summed E-state index contributed by atoms with van der Waals surface area (Å²) in [6.45, 7) is 4.49. The van der Waals surface area contributed by atoms with Gasteiger partial charge in [0.15, 0.2) is 0 Å². The van der Waals surface area contributed by atoms with Crippen LogP contribution in [-0.4, -0.2) is 10.9 Å². The number of benzene rings is 2. The lowest BCUT2D eigenvalue weighted by Gasteiger charge is -2.09. The van der Waals surface area contributed by atoms with E-state index in [2.05, 4.69) is 23.3 Å². The van der Waals surface area contributed by atoms with Crippen LogP contribution in [0.4, 0.5) is 0 Å². The molecule has 0 aliphatic heterocycles. The fraction of sp³-hybridized carbons (Fsp3) is 0.167. The Bertz CT molecular complexity index is 1000. The van der Waals surface area contributed by atoms with Crippen molar-refractivity contribution in [2.24, 2.45) is 0 Å². The molecule has 4 heteroatoms. The zero-order valence-corrected chi connectivity index (χ0v) is 16.2. The maximum absolute atomic E-state index is 12.4. The van der Waals surface area contributed by atoms with Gasteiger partial charge in [-0.15, -0.1) is 0 Å². The number of rotatable bonds is 7. The van der Waals surface area contributed by atoms with Crippen molar-refractivity contribution in [1.82, 2.24) is 10.3 Å². The minimum absolute atomic E-state index is 0.105. The number of amides is 1. The third-order valence-electron chi connectivity index (χ3n) is 4.28. The monoisotopic (exact) mass is 372 g/mol. The van der Waals surface area contributed by atoms with Gasteiger partial charge in [0.2, 0.25) is 0 Å². The molecule has 0 atom stereocenters. The average Bonchev–Trinajstić information content (AvgIpc) is 2.75. The van der Waals surface area contributed by atoms with E-state index < -0.39 is 0 Å². The van der Waals surface area contributed by atoms with Crippen LogP contribution >= 0.6 is 0 Å². The number of allylic oxidation sites excluding steroid dienone is 3. The fourth-order valence-electron chi connectivity index (χ4n) is 2.74. The minimum Gasteiger partial charge on any atom is -0.458 e. The number of ether oxygens (including phenoxy) is 1. The van der Waals surface area contributed by atoms with E-state index in [1.165, 1.54) is 0 Å². The van der Waals surface area contributed by atoms with Gasteiger partial charge in [-0.3, -0.25) is 9.78 Å². The van der Waals surface area contributed by atoms with Crippen molar-refractivity contribution < 1.29 is 9.53 Å². The van der Waals surface area contributed by atoms with Crippen LogP contribution < -0.4 is 10.1 Å². The van der Waals surface area contributed by atoms with Gasteiger partial charge < -0.3 is 10.1 Å². The molecule has 0 radical (unpaired) electrons. The summed E-state index contributed by atoms with van der Waals surface area (Å²) in [4.78, 5) is 16.7. The maximum atomic E-state index is 12.4. The molecule has 0 aliphatic rings. The molecule has 1 aromatic heterocycles. The van der Waals surface area contributed by atoms with Crippen molar-refractivity contribution in [3.05, 3.63) is 95.9 Å². The standard InChI is InChI=1S/C24H24N2O2/c1-3-5-8-21(4-2)28-22-12-9-18(10-13-22)17-26-24(27)20-11-14-23-19(16-20)7-6-15-25-23/h4-16H,3,17H2,1-2H3,(H,26,27)/b8-5-,21-4+. The molecule has 142 valence electrons. The molecule has 1 amide bonds. The Balaban J connectivity index is 1.59. The van der Waals surface area contributed by atoms with Crippen LogP contribution in [0, 0.1) is 0 Å². The Morgan fingerprint density at radius 1 is 1.14 bits per heavy atom. The van der Waals surface area contributed by atoms with Gasteiger partial charge in [0.05, 0.1) is 5.52 Å². The summed E-state index contributed by atoms with van der Waals surface area (Å²) in [5, 5.41) is 3.91. The van der Waals surface area contributed by atoms with Crippen molar-refractivity contribution in [2.45, 2.75) is 26.8 Å². The Morgan fingerprint density at radius 2 is 1.96 bits per heavy atom. The Morgan fingerprint density at radius 3 is 2.71 bits per heavy atom. The summed E-state index contributed by atoms with van der Waals surface area (Å²) in [5.41, 5.74) is 2.51. The number of hydrogen-bond acceptors (Lipinski definition) is 3. The first-order valence-corrected chi connectivity index (χ1v) is 9.42. The molecule has 0 fully saturated rings.